The number of aryl methyl sites for hydroxylation is 2. The Morgan fingerprint density at radius 1 is 1.22 bits per heavy atom. The van der Waals surface area contributed by atoms with Gasteiger partial charge in [0.05, 0.1) is 11.4 Å². The lowest BCUT2D eigenvalue weighted by atomic mass is 10.2. The summed E-state index contributed by atoms with van der Waals surface area (Å²) in [6, 6.07) is 12.0. The number of carbonyl (C=O) groups excluding carboxylic acids is 1. The van der Waals surface area contributed by atoms with Crippen molar-refractivity contribution >= 4 is 23.4 Å². The van der Waals surface area contributed by atoms with E-state index in [9.17, 15) is 14.0 Å². The molecular formula is C20H18FN3O2S. The number of amides is 1. The third-order valence-electron chi connectivity index (χ3n) is 3.88. The summed E-state index contributed by atoms with van der Waals surface area (Å²) in [5.74, 6) is -0.575. The molecule has 0 saturated carbocycles. The molecule has 3 aromatic rings. The summed E-state index contributed by atoms with van der Waals surface area (Å²) in [6.45, 7) is 3.59. The van der Waals surface area contributed by atoms with Crippen LogP contribution in [0.3, 0.4) is 0 Å². The molecule has 1 amide bonds. The van der Waals surface area contributed by atoms with E-state index >= 15 is 0 Å². The summed E-state index contributed by atoms with van der Waals surface area (Å²) in [6.07, 6.45) is 2.93. The van der Waals surface area contributed by atoms with Crippen LogP contribution in [-0.2, 0) is 4.79 Å². The minimum absolute atomic E-state index is 0.0441. The highest BCUT2D eigenvalue weighted by atomic mass is 32.2. The number of nitrogens with one attached hydrogen (secondary N) is 1. The largest absolute Gasteiger partial charge is 0.325 e. The molecule has 7 heteroatoms. The normalized spacial score (nSPS) is 10.6. The Hall–Kier alpha value is -2.93. The van der Waals surface area contributed by atoms with Crippen LogP contribution in [0, 0.1) is 19.7 Å². The quantitative estimate of drug-likeness (QED) is 0.682. The number of halogens is 1. The van der Waals surface area contributed by atoms with Gasteiger partial charge in [-0.3, -0.25) is 14.2 Å². The Labute approximate surface area is 160 Å². The summed E-state index contributed by atoms with van der Waals surface area (Å²) in [7, 11) is 0. The first-order valence-corrected chi connectivity index (χ1v) is 9.26. The molecular weight excluding hydrogens is 365 g/mol. The average Bonchev–Trinajstić information content (AvgIpc) is 2.63. The molecule has 0 spiro atoms. The monoisotopic (exact) mass is 383 g/mol. The van der Waals surface area contributed by atoms with Gasteiger partial charge in [0.2, 0.25) is 5.91 Å². The molecule has 0 bridgehead atoms. The molecule has 0 atom stereocenters. The van der Waals surface area contributed by atoms with Crippen LogP contribution < -0.4 is 10.9 Å². The molecule has 0 aliphatic heterocycles. The first-order valence-electron chi connectivity index (χ1n) is 8.27. The Kier molecular flexibility index (Phi) is 5.71. The second-order valence-electron chi connectivity index (χ2n) is 6.05. The zero-order valence-electron chi connectivity index (χ0n) is 14.9. The van der Waals surface area contributed by atoms with Crippen LogP contribution in [-0.4, -0.2) is 21.2 Å². The zero-order chi connectivity index (χ0) is 19.4. The number of benzene rings is 2. The number of hydrogen-bond donors (Lipinski definition) is 1. The molecule has 0 unspecified atom stereocenters. The van der Waals surface area contributed by atoms with E-state index in [1.165, 1.54) is 23.0 Å². The molecule has 0 fully saturated rings. The second-order valence-corrected chi connectivity index (χ2v) is 7.01. The number of carbonyl (C=O) groups is 1. The van der Waals surface area contributed by atoms with Gasteiger partial charge < -0.3 is 5.32 Å². The first kappa shape index (κ1) is 18.8. The molecule has 1 N–H and O–H groups in total. The summed E-state index contributed by atoms with van der Waals surface area (Å²) < 4.78 is 15.1. The average molecular weight is 383 g/mol. The van der Waals surface area contributed by atoms with Crippen LogP contribution in [0.5, 0.6) is 0 Å². The van der Waals surface area contributed by atoms with Crippen molar-refractivity contribution in [2.45, 2.75) is 18.9 Å². The summed E-state index contributed by atoms with van der Waals surface area (Å²) >= 11 is 1.04. The fraction of sp³-hybridized carbons (Fsp3) is 0.150. The maximum Gasteiger partial charge on any atom is 0.287 e. The minimum Gasteiger partial charge on any atom is -0.325 e. The van der Waals surface area contributed by atoms with Gasteiger partial charge in [-0.2, -0.15) is 0 Å². The molecule has 1 aromatic heterocycles. The van der Waals surface area contributed by atoms with Gasteiger partial charge in [-0.25, -0.2) is 9.37 Å². The van der Waals surface area contributed by atoms with Gasteiger partial charge in [0.1, 0.15) is 5.82 Å². The van der Waals surface area contributed by atoms with Crippen LogP contribution in [0.4, 0.5) is 10.1 Å². The molecule has 3 rings (SSSR count). The van der Waals surface area contributed by atoms with E-state index in [0.29, 0.717) is 16.9 Å². The number of thioether (sulfide) groups is 1. The van der Waals surface area contributed by atoms with E-state index in [1.807, 2.05) is 25.1 Å². The van der Waals surface area contributed by atoms with Crippen molar-refractivity contribution in [3.05, 3.63) is 82.2 Å². The standard InChI is InChI=1S/C20H18FN3O2S/c1-13-4-3-5-15(10-13)23-18(25)12-27-19-20(26)24(9-8-22-19)16-7-6-14(2)17(21)11-16/h3-11H,12H2,1-2H3,(H,23,25). The van der Waals surface area contributed by atoms with E-state index < -0.39 is 5.56 Å². The van der Waals surface area contributed by atoms with Gasteiger partial charge in [0, 0.05) is 18.1 Å². The molecule has 138 valence electrons. The number of anilines is 1. The van der Waals surface area contributed by atoms with Crippen LogP contribution >= 0.6 is 11.8 Å². The van der Waals surface area contributed by atoms with Crippen molar-refractivity contribution in [2.24, 2.45) is 0 Å². The number of nitrogens with zero attached hydrogens (tertiary/aromatic N) is 2. The zero-order valence-corrected chi connectivity index (χ0v) is 15.7. The van der Waals surface area contributed by atoms with Crippen molar-refractivity contribution in [1.29, 1.82) is 0 Å². The molecule has 27 heavy (non-hydrogen) atoms. The van der Waals surface area contributed by atoms with Gasteiger partial charge in [-0.15, -0.1) is 0 Å². The summed E-state index contributed by atoms with van der Waals surface area (Å²) in [4.78, 5) is 28.8. The van der Waals surface area contributed by atoms with Crippen molar-refractivity contribution in [3.8, 4) is 5.69 Å². The Balaban J connectivity index is 1.73. The molecule has 0 aliphatic rings. The first-order chi connectivity index (χ1) is 12.9. The van der Waals surface area contributed by atoms with Crippen LogP contribution in [0.2, 0.25) is 0 Å². The predicted molar refractivity (Wildman–Crippen MR) is 105 cm³/mol. The molecule has 0 aliphatic carbocycles. The van der Waals surface area contributed by atoms with Crippen molar-refractivity contribution in [2.75, 3.05) is 11.1 Å². The van der Waals surface area contributed by atoms with Gasteiger partial charge in [0.25, 0.3) is 5.56 Å². The molecule has 1 heterocycles. The second kappa shape index (κ2) is 8.18. The number of hydrogen-bond acceptors (Lipinski definition) is 4. The van der Waals surface area contributed by atoms with E-state index in [4.69, 9.17) is 0 Å². The van der Waals surface area contributed by atoms with Gasteiger partial charge in [0.15, 0.2) is 5.03 Å². The topological polar surface area (TPSA) is 64.0 Å². The van der Waals surface area contributed by atoms with Crippen LogP contribution in [0.15, 0.2) is 64.7 Å². The lowest BCUT2D eigenvalue weighted by Crippen LogP contribution is -2.22. The highest BCUT2D eigenvalue weighted by molar-refractivity contribution is 7.99. The lowest BCUT2D eigenvalue weighted by molar-refractivity contribution is -0.113. The van der Waals surface area contributed by atoms with Gasteiger partial charge in [-0.05, 0) is 49.2 Å². The molecule has 5 nitrogen and oxygen atoms in total. The van der Waals surface area contributed by atoms with Crippen LogP contribution in [0.25, 0.3) is 5.69 Å². The Morgan fingerprint density at radius 3 is 2.78 bits per heavy atom. The summed E-state index contributed by atoms with van der Waals surface area (Å²) in [5, 5.41) is 2.97. The SMILES string of the molecule is Cc1cccc(NC(=O)CSc2nccn(-c3ccc(C)c(F)c3)c2=O)c1. The van der Waals surface area contributed by atoms with E-state index in [1.54, 1.807) is 25.1 Å². The number of rotatable bonds is 5. The Morgan fingerprint density at radius 2 is 2.04 bits per heavy atom. The molecule has 0 saturated heterocycles. The maximum absolute atomic E-state index is 13.8. The third kappa shape index (κ3) is 4.62. The van der Waals surface area contributed by atoms with Crippen molar-refractivity contribution in [1.82, 2.24) is 9.55 Å². The lowest BCUT2D eigenvalue weighted by Gasteiger charge is -2.09. The maximum atomic E-state index is 13.8. The highest BCUT2D eigenvalue weighted by Crippen LogP contribution is 2.16. The van der Waals surface area contributed by atoms with Gasteiger partial charge in [-0.1, -0.05) is 30.0 Å². The fourth-order valence-corrected chi connectivity index (χ4v) is 3.18. The third-order valence-corrected chi connectivity index (χ3v) is 4.84. The van der Waals surface area contributed by atoms with E-state index in [0.717, 1.165) is 17.3 Å². The van der Waals surface area contributed by atoms with E-state index in [2.05, 4.69) is 10.3 Å². The van der Waals surface area contributed by atoms with Crippen molar-refractivity contribution in [3.63, 3.8) is 0 Å². The van der Waals surface area contributed by atoms with Gasteiger partial charge >= 0.3 is 0 Å². The predicted octanol–water partition coefficient (Wildman–Crippen LogP) is 3.72. The Bertz CT molecular complexity index is 1050. The smallest absolute Gasteiger partial charge is 0.287 e. The minimum atomic E-state index is -0.394. The molecule has 0 radical (unpaired) electrons. The van der Waals surface area contributed by atoms with Crippen molar-refractivity contribution < 1.29 is 9.18 Å². The van der Waals surface area contributed by atoms with Crippen LogP contribution in [0.1, 0.15) is 11.1 Å². The van der Waals surface area contributed by atoms with E-state index in [-0.39, 0.29) is 22.5 Å². The number of aromatic nitrogens is 2. The fourth-order valence-electron chi connectivity index (χ4n) is 2.48. The molecule has 2 aromatic carbocycles. The highest BCUT2D eigenvalue weighted by Gasteiger charge is 2.11. The summed E-state index contributed by atoms with van der Waals surface area (Å²) in [5.41, 5.74) is 2.27.